The van der Waals surface area contributed by atoms with E-state index in [1.54, 1.807) is 0 Å². The van der Waals surface area contributed by atoms with Gasteiger partial charge in [0.1, 0.15) is 5.15 Å². The fourth-order valence-electron chi connectivity index (χ4n) is 1.06. The summed E-state index contributed by atoms with van der Waals surface area (Å²) in [6.45, 7) is 6.67. The van der Waals surface area contributed by atoms with E-state index in [-0.39, 0.29) is 16.5 Å². The molecule has 5 heteroatoms. The Morgan fingerprint density at radius 3 is 2.75 bits per heavy atom. The van der Waals surface area contributed by atoms with E-state index in [9.17, 15) is 4.79 Å². The number of nitrogens with two attached hydrogens (primary N) is 1. The van der Waals surface area contributed by atoms with Crippen molar-refractivity contribution in [2.45, 2.75) is 20.8 Å². The number of carbonyl (C=O) groups excluding carboxylic acids is 1. The van der Waals surface area contributed by atoms with E-state index in [2.05, 4.69) is 10.3 Å². The Hall–Kier alpha value is -1.29. The fourth-order valence-corrected chi connectivity index (χ4v) is 1.25. The topological polar surface area (TPSA) is 68.0 Å². The molecule has 1 aromatic heterocycles. The zero-order chi connectivity index (χ0) is 12.3. The first-order valence-electron chi connectivity index (χ1n) is 4.99. The van der Waals surface area contributed by atoms with Crippen molar-refractivity contribution in [2.75, 3.05) is 12.3 Å². The van der Waals surface area contributed by atoms with Crippen LogP contribution < -0.4 is 11.1 Å². The largest absolute Gasteiger partial charge is 0.397 e. The van der Waals surface area contributed by atoms with Crippen LogP contribution in [0.5, 0.6) is 0 Å². The van der Waals surface area contributed by atoms with Crippen LogP contribution in [0.2, 0.25) is 5.15 Å². The summed E-state index contributed by atoms with van der Waals surface area (Å²) in [4.78, 5) is 15.6. The number of hydrogen-bond donors (Lipinski definition) is 2. The van der Waals surface area contributed by atoms with Crippen LogP contribution in [0.4, 0.5) is 5.69 Å². The molecule has 3 N–H and O–H groups in total. The smallest absolute Gasteiger partial charge is 0.254 e. The normalized spacial score (nSPS) is 11.2. The van der Waals surface area contributed by atoms with Crippen molar-refractivity contribution in [3.05, 3.63) is 23.0 Å². The van der Waals surface area contributed by atoms with Gasteiger partial charge in [0.25, 0.3) is 5.91 Å². The average Bonchev–Trinajstić information content (AvgIpc) is 2.17. The highest BCUT2D eigenvalue weighted by atomic mass is 35.5. The summed E-state index contributed by atoms with van der Waals surface area (Å²) >= 11 is 5.81. The molecule has 4 nitrogen and oxygen atoms in total. The number of carbonyl (C=O) groups is 1. The van der Waals surface area contributed by atoms with Crippen LogP contribution >= 0.6 is 11.6 Å². The van der Waals surface area contributed by atoms with E-state index < -0.39 is 0 Å². The Labute approximate surface area is 100 Å². The number of amides is 1. The van der Waals surface area contributed by atoms with Crippen molar-refractivity contribution in [3.63, 3.8) is 0 Å². The molecular weight excluding hydrogens is 226 g/mol. The average molecular weight is 242 g/mol. The molecule has 16 heavy (non-hydrogen) atoms. The molecule has 0 radical (unpaired) electrons. The number of nitrogens with zero attached hydrogens (tertiary/aromatic N) is 1. The molecule has 0 bridgehead atoms. The van der Waals surface area contributed by atoms with E-state index in [1.165, 1.54) is 12.3 Å². The SMILES string of the molecule is CC(C)(C)CNC(=O)c1cc(N)cnc1Cl. The summed E-state index contributed by atoms with van der Waals surface area (Å²) in [6, 6.07) is 1.52. The van der Waals surface area contributed by atoms with Crippen molar-refractivity contribution in [2.24, 2.45) is 5.41 Å². The molecule has 0 fully saturated rings. The second kappa shape index (κ2) is 4.70. The lowest BCUT2D eigenvalue weighted by Gasteiger charge is -2.18. The van der Waals surface area contributed by atoms with Crippen molar-refractivity contribution in [3.8, 4) is 0 Å². The summed E-state index contributed by atoms with van der Waals surface area (Å²) in [5.41, 5.74) is 6.30. The monoisotopic (exact) mass is 241 g/mol. The number of nitrogen functional groups attached to an aromatic ring is 1. The Morgan fingerprint density at radius 2 is 2.19 bits per heavy atom. The minimum Gasteiger partial charge on any atom is -0.397 e. The molecule has 0 spiro atoms. The van der Waals surface area contributed by atoms with Gasteiger partial charge < -0.3 is 11.1 Å². The number of aromatic nitrogens is 1. The van der Waals surface area contributed by atoms with Gasteiger partial charge in [0, 0.05) is 6.54 Å². The van der Waals surface area contributed by atoms with E-state index in [0.717, 1.165) is 0 Å². The van der Waals surface area contributed by atoms with E-state index >= 15 is 0 Å². The maximum absolute atomic E-state index is 11.8. The molecule has 1 aromatic rings. The Balaban J connectivity index is 2.77. The Bertz CT molecular complexity index is 399. The highest BCUT2D eigenvalue weighted by molar-refractivity contribution is 6.32. The molecular formula is C11H16ClN3O. The van der Waals surface area contributed by atoms with Gasteiger partial charge in [0.2, 0.25) is 0 Å². The molecule has 0 aromatic carbocycles. The first-order valence-corrected chi connectivity index (χ1v) is 5.36. The van der Waals surface area contributed by atoms with E-state index in [0.29, 0.717) is 17.8 Å². The predicted molar refractivity (Wildman–Crippen MR) is 65.4 cm³/mol. The predicted octanol–water partition coefficient (Wildman–Crippen LogP) is 2.09. The maximum atomic E-state index is 11.8. The van der Waals surface area contributed by atoms with Crippen molar-refractivity contribution >= 4 is 23.2 Å². The lowest BCUT2D eigenvalue weighted by Crippen LogP contribution is -2.32. The van der Waals surface area contributed by atoms with Gasteiger partial charge in [-0.25, -0.2) is 4.98 Å². The second-order valence-corrected chi connectivity index (χ2v) is 5.21. The van der Waals surface area contributed by atoms with Gasteiger partial charge in [-0.2, -0.15) is 0 Å². The van der Waals surface area contributed by atoms with Crippen LogP contribution in [0.3, 0.4) is 0 Å². The van der Waals surface area contributed by atoms with Crippen molar-refractivity contribution in [1.29, 1.82) is 0 Å². The third-order valence-corrected chi connectivity index (χ3v) is 2.19. The Kier molecular flexibility index (Phi) is 3.75. The standard InChI is InChI=1S/C11H16ClN3O/c1-11(2,3)6-15-10(16)8-4-7(13)5-14-9(8)12/h4-5H,6,13H2,1-3H3,(H,15,16). The first kappa shape index (κ1) is 12.8. The third kappa shape index (κ3) is 3.70. The van der Waals surface area contributed by atoms with Gasteiger partial charge in [0.15, 0.2) is 0 Å². The highest BCUT2D eigenvalue weighted by Crippen LogP contribution is 2.16. The summed E-state index contributed by atoms with van der Waals surface area (Å²) in [6.07, 6.45) is 1.42. The molecule has 0 aliphatic rings. The van der Waals surface area contributed by atoms with E-state index in [1.807, 2.05) is 20.8 Å². The second-order valence-electron chi connectivity index (χ2n) is 4.85. The van der Waals surface area contributed by atoms with Gasteiger partial charge in [-0.1, -0.05) is 32.4 Å². The van der Waals surface area contributed by atoms with Crippen LogP contribution in [-0.2, 0) is 0 Å². The highest BCUT2D eigenvalue weighted by Gasteiger charge is 2.15. The Morgan fingerprint density at radius 1 is 1.56 bits per heavy atom. The molecule has 88 valence electrons. The minimum atomic E-state index is -0.250. The fraction of sp³-hybridized carbons (Fsp3) is 0.455. The quantitative estimate of drug-likeness (QED) is 0.779. The molecule has 0 unspecified atom stereocenters. The summed E-state index contributed by atoms with van der Waals surface area (Å²) in [5, 5.41) is 2.96. The molecule has 1 amide bonds. The first-order chi connectivity index (χ1) is 7.29. The van der Waals surface area contributed by atoms with Gasteiger partial charge >= 0.3 is 0 Å². The lowest BCUT2D eigenvalue weighted by atomic mass is 9.97. The summed E-state index contributed by atoms with van der Waals surface area (Å²) in [7, 11) is 0. The van der Waals surface area contributed by atoms with Crippen LogP contribution in [0.15, 0.2) is 12.3 Å². The van der Waals surface area contributed by atoms with Crippen LogP contribution in [0.1, 0.15) is 31.1 Å². The van der Waals surface area contributed by atoms with Crippen molar-refractivity contribution in [1.82, 2.24) is 10.3 Å². The molecule has 0 aliphatic carbocycles. The number of halogens is 1. The van der Waals surface area contributed by atoms with Crippen LogP contribution in [0.25, 0.3) is 0 Å². The summed E-state index contributed by atoms with van der Waals surface area (Å²) < 4.78 is 0. The molecule has 0 atom stereocenters. The maximum Gasteiger partial charge on any atom is 0.254 e. The zero-order valence-electron chi connectivity index (χ0n) is 9.67. The zero-order valence-corrected chi connectivity index (χ0v) is 10.4. The molecule has 1 heterocycles. The molecule has 1 rings (SSSR count). The van der Waals surface area contributed by atoms with Gasteiger partial charge in [-0.05, 0) is 11.5 Å². The van der Waals surface area contributed by atoms with E-state index in [4.69, 9.17) is 17.3 Å². The molecule has 0 aliphatic heterocycles. The van der Waals surface area contributed by atoms with Gasteiger partial charge in [-0.3, -0.25) is 4.79 Å². The number of pyridine rings is 1. The van der Waals surface area contributed by atoms with Crippen LogP contribution in [0, 0.1) is 5.41 Å². The number of nitrogens with one attached hydrogen (secondary N) is 1. The van der Waals surface area contributed by atoms with Gasteiger partial charge in [0.05, 0.1) is 17.4 Å². The lowest BCUT2D eigenvalue weighted by molar-refractivity contribution is 0.0939. The third-order valence-electron chi connectivity index (χ3n) is 1.88. The summed E-state index contributed by atoms with van der Waals surface area (Å²) in [5.74, 6) is -0.250. The molecule has 0 saturated carbocycles. The van der Waals surface area contributed by atoms with Crippen LogP contribution in [-0.4, -0.2) is 17.4 Å². The number of rotatable bonds is 2. The number of hydrogen-bond acceptors (Lipinski definition) is 3. The minimum absolute atomic E-state index is 0.0237. The van der Waals surface area contributed by atoms with Gasteiger partial charge in [-0.15, -0.1) is 0 Å². The number of anilines is 1. The van der Waals surface area contributed by atoms with Crippen molar-refractivity contribution < 1.29 is 4.79 Å². The molecule has 0 saturated heterocycles.